The quantitative estimate of drug-likeness (QED) is 0.898. The lowest BCUT2D eigenvalue weighted by Crippen LogP contribution is -2.28. The van der Waals surface area contributed by atoms with Gasteiger partial charge in [-0.15, -0.1) is 0 Å². The third-order valence-electron chi connectivity index (χ3n) is 3.61. The average molecular weight is 296 g/mol. The molecule has 1 atom stereocenters. The van der Waals surface area contributed by atoms with Gasteiger partial charge in [0.2, 0.25) is 5.91 Å². The molecule has 0 aliphatic rings. The molecule has 2 rings (SSSR count). The highest BCUT2D eigenvalue weighted by atomic mass is 16.2. The summed E-state index contributed by atoms with van der Waals surface area (Å²) in [5.74, 6) is 0.00762. The van der Waals surface area contributed by atoms with Crippen molar-refractivity contribution in [1.82, 2.24) is 0 Å². The monoisotopic (exact) mass is 296 g/mol. The van der Waals surface area contributed by atoms with E-state index >= 15 is 0 Å². The molecule has 0 aromatic heterocycles. The van der Waals surface area contributed by atoms with Crippen LogP contribution in [0, 0.1) is 5.41 Å². The van der Waals surface area contributed by atoms with E-state index in [4.69, 9.17) is 5.73 Å². The second kappa shape index (κ2) is 6.75. The molecule has 0 heterocycles. The number of rotatable bonds is 4. The fraction of sp³-hybridized carbons (Fsp3) is 0.316. The Morgan fingerprint density at radius 2 is 1.64 bits per heavy atom. The van der Waals surface area contributed by atoms with Crippen molar-refractivity contribution >= 4 is 11.6 Å². The Morgan fingerprint density at radius 1 is 1.05 bits per heavy atom. The number of anilines is 1. The summed E-state index contributed by atoms with van der Waals surface area (Å²) in [5, 5.41) is 3.01. The Balaban J connectivity index is 2.17. The summed E-state index contributed by atoms with van der Waals surface area (Å²) >= 11 is 0. The average Bonchev–Trinajstić information content (AvgIpc) is 2.49. The van der Waals surface area contributed by atoms with E-state index < -0.39 is 5.41 Å². The van der Waals surface area contributed by atoms with Gasteiger partial charge in [0.15, 0.2) is 0 Å². The van der Waals surface area contributed by atoms with Crippen LogP contribution in [0.2, 0.25) is 0 Å². The minimum Gasteiger partial charge on any atom is -0.325 e. The first-order valence-electron chi connectivity index (χ1n) is 7.58. The Morgan fingerprint density at radius 3 is 2.27 bits per heavy atom. The number of hydrogen-bond acceptors (Lipinski definition) is 2. The highest BCUT2D eigenvalue weighted by Gasteiger charge is 2.22. The minimum atomic E-state index is -0.422. The maximum atomic E-state index is 12.2. The highest BCUT2D eigenvalue weighted by molar-refractivity contribution is 5.95. The molecule has 2 aromatic carbocycles. The number of benzene rings is 2. The molecular weight excluding hydrogens is 272 g/mol. The first-order valence-corrected chi connectivity index (χ1v) is 7.58. The van der Waals surface area contributed by atoms with Gasteiger partial charge in [0.05, 0.1) is 0 Å². The maximum Gasteiger partial charge on any atom is 0.229 e. The summed E-state index contributed by atoms with van der Waals surface area (Å²) in [4.78, 5) is 12.2. The first kappa shape index (κ1) is 16.2. The van der Waals surface area contributed by atoms with Crippen LogP contribution < -0.4 is 11.1 Å². The number of nitrogens with two attached hydrogens (primary N) is 1. The molecule has 1 unspecified atom stereocenters. The van der Waals surface area contributed by atoms with Gasteiger partial charge in [-0.05, 0) is 23.6 Å². The van der Waals surface area contributed by atoms with Crippen LogP contribution in [0.15, 0.2) is 54.6 Å². The summed E-state index contributed by atoms with van der Waals surface area (Å²) < 4.78 is 0. The normalized spacial score (nSPS) is 12.7. The van der Waals surface area contributed by atoms with Crippen molar-refractivity contribution in [2.24, 2.45) is 11.1 Å². The van der Waals surface area contributed by atoms with Crippen molar-refractivity contribution in [1.29, 1.82) is 0 Å². The van der Waals surface area contributed by atoms with Crippen LogP contribution in [0.3, 0.4) is 0 Å². The van der Waals surface area contributed by atoms with E-state index in [0.29, 0.717) is 6.42 Å². The van der Waals surface area contributed by atoms with E-state index in [2.05, 4.69) is 5.32 Å². The van der Waals surface area contributed by atoms with Crippen LogP contribution in [0.4, 0.5) is 5.69 Å². The molecule has 0 spiro atoms. The molecular formula is C19H24N2O. The Bertz CT molecular complexity index is 629. The van der Waals surface area contributed by atoms with Crippen molar-refractivity contribution in [3.63, 3.8) is 0 Å². The van der Waals surface area contributed by atoms with Crippen LogP contribution in [0.1, 0.15) is 37.9 Å². The summed E-state index contributed by atoms with van der Waals surface area (Å²) in [6, 6.07) is 17.8. The lowest BCUT2D eigenvalue weighted by Gasteiger charge is -2.20. The van der Waals surface area contributed by atoms with Crippen LogP contribution in [-0.4, -0.2) is 5.91 Å². The predicted octanol–water partition coefficient (Wildman–Crippen LogP) is 3.91. The van der Waals surface area contributed by atoms with Gasteiger partial charge in [-0.3, -0.25) is 4.79 Å². The number of nitrogens with one attached hydrogen (secondary N) is 1. The van der Waals surface area contributed by atoms with Gasteiger partial charge < -0.3 is 11.1 Å². The summed E-state index contributed by atoms with van der Waals surface area (Å²) in [7, 11) is 0. The van der Waals surface area contributed by atoms with Gasteiger partial charge in [0.25, 0.3) is 0 Å². The Hall–Kier alpha value is -2.13. The predicted molar refractivity (Wildman–Crippen MR) is 91.6 cm³/mol. The van der Waals surface area contributed by atoms with E-state index in [-0.39, 0.29) is 11.9 Å². The lowest BCUT2D eigenvalue weighted by atomic mass is 9.94. The van der Waals surface area contributed by atoms with E-state index in [9.17, 15) is 4.79 Å². The molecule has 22 heavy (non-hydrogen) atoms. The van der Waals surface area contributed by atoms with Gasteiger partial charge >= 0.3 is 0 Å². The van der Waals surface area contributed by atoms with Crippen molar-refractivity contribution in [3.05, 3.63) is 65.7 Å². The smallest absolute Gasteiger partial charge is 0.229 e. The van der Waals surface area contributed by atoms with Crippen molar-refractivity contribution in [3.8, 4) is 0 Å². The summed E-state index contributed by atoms with van der Waals surface area (Å²) in [6.07, 6.45) is 0.685. The van der Waals surface area contributed by atoms with Crippen LogP contribution in [-0.2, 0) is 11.2 Å². The van der Waals surface area contributed by atoms with E-state index in [1.54, 1.807) is 0 Å². The van der Waals surface area contributed by atoms with Crippen LogP contribution in [0.25, 0.3) is 0 Å². The number of para-hydroxylation sites is 1. The third-order valence-corrected chi connectivity index (χ3v) is 3.61. The Kier molecular flexibility index (Phi) is 4.99. The summed E-state index contributed by atoms with van der Waals surface area (Å²) in [6.45, 7) is 5.71. The van der Waals surface area contributed by atoms with Gasteiger partial charge in [-0.1, -0.05) is 69.3 Å². The molecule has 1 amide bonds. The molecule has 0 aliphatic heterocycles. The van der Waals surface area contributed by atoms with E-state index in [1.165, 1.54) is 0 Å². The van der Waals surface area contributed by atoms with Crippen molar-refractivity contribution in [2.45, 2.75) is 33.2 Å². The molecule has 3 nitrogen and oxygen atoms in total. The van der Waals surface area contributed by atoms with Crippen molar-refractivity contribution < 1.29 is 4.79 Å². The number of amides is 1. The third kappa shape index (κ3) is 4.18. The fourth-order valence-electron chi connectivity index (χ4n) is 2.19. The molecule has 0 radical (unpaired) electrons. The van der Waals surface area contributed by atoms with Crippen LogP contribution >= 0.6 is 0 Å². The van der Waals surface area contributed by atoms with Crippen LogP contribution in [0.5, 0.6) is 0 Å². The highest BCUT2D eigenvalue weighted by Crippen LogP contribution is 2.24. The molecule has 0 fully saturated rings. The molecule has 0 aliphatic carbocycles. The standard InChI is InChI=1S/C19H24N2O/c1-19(2,3)18(22)21-17-12-8-7-11-15(17)13-16(20)14-9-5-4-6-10-14/h4-12,16H,13,20H2,1-3H3,(H,21,22). The maximum absolute atomic E-state index is 12.2. The zero-order valence-electron chi connectivity index (χ0n) is 13.5. The van der Waals surface area contributed by atoms with Gasteiger partial charge in [-0.25, -0.2) is 0 Å². The Labute approximate surface area is 132 Å². The SMILES string of the molecule is CC(C)(C)C(=O)Nc1ccccc1CC(N)c1ccccc1. The molecule has 2 aromatic rings. The molecule has 3 heteroatoms. The van der Waals surface area contributed by atoms with Gasteiger partial charge in [0, 0.05) is 17.1 Å². The zero-order chi connectivity index (χ0) is 16.2. The fourth-order valence-corrected chi connectivity index (χ4v) is 2.19. The topological polar surface area (TPSA) is 55.1 Å². The molecule has 0 bridgehead atoms. The minimum absolute atomic E-state index is 0.00762. The number of carbonyl (C=O) groups excluding carboxylic acids is 1. The van der Waals surface area contributed by atoms with E-state index in [1.807, 2.05) is 75.4 Å². The molecule has 116 valence electrons. The van der Waals surface area contributed by atoms with Crippen molar-refractivity contribution in [2.75, 3.05) is 5.32 Å². The molecule has 3 N–H and O–H groups in total. The van der Waals surface area contributed by atoms with Gasteiger partial charge in [-0.2, -0.15) is 0 Å². The number of carbonyl (C=O) groups is 1. The largest absolute Gasteiger partial charge is 0.325 e. The summed E-state index contributed by atoms with van der Waals surface area (Å²) in [5.41, 5.74) is 8.87. The second-order valence-corrected chi connectivity index (χ2v) is 6.58. The first-order chi connectivity index (χ1) is 10.4. The number of hydrogen-bond donors (Lipinski definition) is 2. The van der Waals surface area contributed by atoms with Gasteiger partial charge in [0.1, 0.15) is 0 Å². The lowest BCUT2D eigenvalue weighted by molar-refractivity contribution is -0.123. The molecule has 0 saturated heterocycles. The zero-order valence-corrected chi connectivity index (χ0v) is 13.5. The van der Waals surface area contributed by atoms with E-state index in [0.717, 1.165) is 16.8 Å². The second-order valence-electron chi connectivity index (χ2n) is 6.58. The molecule has 0 saturated carbocycles.